The van der Waals surface area contributed by atoms with Crippen molar-refractivity contribution in [2.45, 2.75) is 45.4 Å². The number of carbonyl (C=O) groups is 1. The van der Waals surface area contributed by atoms with Crippen LogP contribution in [0.25, 0.3) is 0 Å². The van der Waals surface area contributed by atoms with E-state index in [0.717, 1.165) is 0 Å². The predicted molar refractivity (Wildman–Crippen MR) is 66.1 cm³/mol. The predicted octanol–water partition coefficient (Wildman–Crippen LogP) is 1.65. The number of hydrogen-bond donors (Lipinski definition) is 2. The summed E-state index contributed by atoms with van der Waals surface area (Å²) in [5, 5.41) is 12.1. The topological polar surface area (TPSA) is 49.3 Å². The minimum absolute atomic E-state index is 0.0118. The Morgan fingerprint density at radius 3 is 2.33 bits per heavy atom. The van der Waals surface area contributed by atoms with Crippen LogP contribution in [0.4, 0.5) is 0 Å². The smallest absolute Gasteiger partial charge is 0.220 e. The molecule has 0 bridgehead atoms. The van der Waals surface area contributed by atoms with E-state index in [-0.39, 0.29) is 29.2 Å². The maximum atomic E-state index is 11.6. The molecule has 0 saturated heterocycles. The van der Waals surface area contributed by atoms with E-state index < -0.39 is 0 Å². The second-order valence-corrected chi connectivity index (χ2v) is 6.13. The van der Waals surface area contributed by atoms with Gasteiger partial charge in [0.15, 0.2) is 0 Å². The van der Waals surface area contributed by atoms with Gasteiger partial charge in [-0.1, -0.05) is 20.8 Å². The van der Waals surface area contributed by atoms with Crippen LogP contribution in [0.2, 0.25) is 0 Å². The van der Waals surface area contributed by atoms with Gasteiger partial charge < -0.3 is 10.4 Å². The monoisotopic (exact) mass is 233 g/mol. The van der Waals surface area contributed by atoms with Crippen molar-refractivity contribution in [1.82, 2.24) is 5.32 Å². The Morgan fingerprint density at radius 2 is 2.00 bits per heavy atom. The summed E-state index contributed by atoms with van der Waals surface area (Å²) >= 11 is 1.57. The van der Waals surface area contributed by atoms with Crippen LogP contribution < -0.4 is 5.32 Å². The Kier molecular flexibility index (Phi) is 6.29. The second kappa shape index (κ2) is 6.38. The van der Waals surface area contributed by atoms with Crippen molar-refractivity contribution >= 4 is 17.7 Å². The quantitative estimate of drug-likeness (QED) is 0.759. The summed E-state index contributed by atoms with van der Waals surface area (Å²) in [7, 11) is 0. The van der Waals surface area contributed by atoms with Crippen molar-refractivity contribution in [2.75, 3.05) is 12.9 Å². The summed E-state index contributed by atoms with van der Waals surface area (Å²) in [6.45, 7) is 8.14. The highest BCUT2D eigenvalue weighted by atomic mass is 32.2. The molecule has 0 aliphatic rings. The zero-order valence-electron chi connectivity index (χ0n) is 10.3. The van der Waals surface area contributed by atoms with E-state index in [1.54, 1.807) is 11.8 Å². The van der Waals surface area contributed by atoms with E-state index in [2.05, 4.69) is 5.32 Å². The normalized spacial score (nSPS) is 15.9. The SMILES string of the molecule is CSC(CO)C(C)NC(=O)CC(C)(C)C. The summed E-state index contributed by atoms with van der Waals surface area (Å²) in [5.74, 6) is 0.0579. The van der Waals surface area contributed by atoms with Crippen molar-refractivity contribution in [2.24, 2.45) is 5.41 Å². The zero-order chi connectivity index (χ0) is 12.1. The van der Waals surface area contributed by atoms with Crippen molar-refractivity contribution < 1.29 is 9.90 Å². The number of hydrogen-bond acceptors (Lipinski definition) is 3. The molecule has 0 fully saturated rings. The number of carbonyl (C=O) groups excluding carboxylic acids is 1. The van der Waals surface area contributed by atoms with Crippen molar-refractivity contribution in [3.05, 3.63) is 0 Å². The molecule has 15 heavy (non-hydrogen) atoms. The molecule has 4 heteroatoms. The van der Waals surface area contributed by atoms with Crippen molar-refractivity contribution in [3.8, 4) is 0 Å². The molecule has 0 aromatic heterocycles. The van der Waals surface area contributed by atoms with Gasteiger partial charge in [-0.15, -0.1) is 0 Å². The van der Waals surface area contributed by atoms with Gasteiger partial charge in [0, 0.05) is 17.7 Å². The third-order valence-electron chi connectivity index (χ3n) is 2.12. The minimum Gasteiger partial charge on any atom is -0.395 e. The highest BCUT2D eigenvalue weighted by Gasteiger charge is 2.20. The van der Waals surface area contributed by atoms with Crippen LogP contribution in [0.15, 0.2) is 0 Å². The van der Waals surface area contributed by atoms with Crippen LogP contribution in [0, 0.1) is 5.41 Å². The Bertz CT molecular complexity index is 197. The number of thioether (sulfide) groups is 1. The molecule has 0 heterocycles. The van der Waals surface area contributed by atoms with E-state index in [1.165, 1.54) is 0 Å². The molecule has 90 valence electrons. The first kappa shape index (κ1) is 14.8. The average Bonchev–Trinajstić information content (AvgIpc) is 2.02. The molecule has 2 atom stereocenters. The van der Waals surface area contributed by atoms with Crippen LogP contribution in [0.3, 0.4) is 0 Å². The van der Waals surface area contributed by atoms with Gasteiger partial charge >= 0.3 is 0 Å². The molecule has 3 nitrogen and oxygen atoms in total. The Morgan fingerprint density at radius 1 is 1.47 bits per heavy atom. The fourth-order valence-electron chi connectivity index (χ4n) is 1.32. The van der Waals surface area contributed by atoms with E-state index >= 15 is 0 Å². The first-order valence-electron chi connectivity index (χ1n) is 5.23. The highest BCUT2D eigenvalue weighted by molar-refractivity contribution is 7.99. The number of aliphatic hydroxyl groups excluding tert-OH is 1. The van der Waals surface area contributed by atoms with Crippen molar-refractivity contribution in [1.29, 1.82) is 0 Å². The number of rotatable bonds is 5. The summed E-state index contributed by atoms with van der Waals surface area (Å²) in [6, 6.07) is 0.0137. The lowest BCUT2D eigenvalue weighted by molar-refractivity contribution is -0.123. The molecule has 2 unspecified atom stereocenters. The van der Waals surface area contributed by atoms with Crippen LogP contribution in [-0.4, -0.2) is 35.2 Å². The maximum absolute atomic E-state index is 11.6. The number of aliphatic hydroxyl groups is 1. The molecule has 0 aromatic rings. The van der Waals surface area contributed by atoms with E-state index in [1.807, 2.05) is 34.0 Å². The van der Waals surface area contributed by atoms with Gasteiger partial charge in [-0.3, -0.25) is 4.79 Å². The van der Waals surface area contributed by atoms with Gasteiger partial charge in [0.1, 0.15) is 0 Å². The van der Waals surface area contributed by atoms with Gasteiger partial charge in [0.2, 0.25) is 5.91 Å². The standard InChI is InChI=1S/C11H23NO2S/c1-8(9(7-13)15-5)12-10(14)6-11(2,3)4/h8-9,13H,6-7H2,1-5H3,(H,12,14). The lowest BCUT2D eigenvalue weighted by atomic mass is 9.92. The largest absolute Gasteiger partial charge is 0.395 e. The molecular weight excluding hydrogens is 210 g/mol. The molecule has 0 spiro atoms. The molecule has 1 amide bonds. The fraction of sp³-hybridized carbons (Fsp3) is 0.909. The number of nitrogens with one attached hydrogen (secondary N) is 1. The first-order valence-corrected chi connectivity index (χ1v) is 6.52. The second-order valence-electron chi connectivity index (χ2n) is 5.05. The van der Waals surface area contributed by atoms with Crippen LogP contribution in [0.5, 0.6) is 0 Å². The molecule has 0 aliphatic carbocycles. The highest BCUT2D eigenvalue weighted by Crippen LogP contribution is 2.18. The van der Waals surface area contributed by atoms with E-state index in [4.69, 9.17) is 5.11 Å². The average molecular weight is 233 g/mol. The number of amides is 1. The summed E-state index contributed by atoms with van der Waals surface area (Å²) in [5.41, 5.74) is 0.0118. The van der Waals surface area contributed by atoms with Gasteiger partial charge in [-0.25, -0.2) is 0 Å². The van der Waals surface area contributed by atoms with Crippen LogP contribution >= 0.6 is 11.8 Å². The third-order valence-corrected chi connectivity index (χ3v) is 3.28. The Hall–Kier alpha value is -0.220. The first-order chi connectivity index (χ1) is 6.80. The molecule has 0 radical (unpaired) electrons. The molecule has 0 rings (SSSR count). The van der Waals surface area contributed by atoms with E-state index in [9.17, 15) is 4.79 Å². The lowest BCUT2D eigenvalue weighted by Gasteiger charge is -2.24. The van der Waals surface area contributed by atoms with Crippen LogP contribution in [-0.2, 0) is 4.79 Å². The summed E-state index contributed by atoms with van der Waals surface area (Å²) in [4.78, 5) is 11.6. The summed E-state index contributed by atoms with van der Waals surface area (Å²) < 4.78 is 0. The molecule has 0 aliphatic heterocycles. The molecular formula is C11H23NO2S. The zero-order valence-corrected chi connectivity index (χ0v) is 11.1. The van der Waals surface area contributed by atoms with Gasteiger partial charge in [-0.05, 0) is 18.6 Å². The van der Waals surface area contributed by atoms with Gasteiger partial charge in [0.05, 0.1) is 6.61 Å². The molecule has 0 aromatic carbocycles. The van der Waals surface area contributed by atoms with Gasteiger partial charge in [0.25, 0.3) is 0 Å². The fourth-order valence-corrected chi connectivity index (χ4v) is 1.94. The molecule has 0 saturated carbocycles. The molecule has 2 N–H and O–H groups in total. The lowest BCUT2D eigenvalue weighted by Crippen LogP contribution is -2.42. The Balaban J connectivity index is 4.06. The Labute approximate surface area is 97.0 Å². The maximum Gasteiger partial charge on any atom is 0.220 e. The summed E-state index contributed by atoms with van der Waals surface area (Å²) in [6.07, 6.45) is 2.46. The van der Waals surface area contributed by atoms with Crippen molar-refractivity contribution in [3.63, 3.8) is 0 Å². The van der Waals surface area contributed by atoms with E-state index in [0.29, 0.717) is 6.42 Å². The van der Waals surface area contributed by atoms with Gasteiger partial charge in [-0.2, -0.15) is 11.8 Å². The van der Waals surface area contributed by atoms with Crippen LogP contribution in [0.1, 0.15) is 34.1 Å². The minimum atomic E-state index is 0.0118. The third kappa shape index (κ3) is 6.79.